The Morgan fingerprint density at radius 3 is 2.82 bits per heavy atom. The van der Waals surface area contributed by atoms with Gasteiger partial charge in [0.2, 0.25) is 0 Å². The van der Waals surface area contributed by atoms with Crippen molar-refractivity contribution in [2.75, 3.05) is 20.6 Å². The van der Waals surface area contributed by atoms with Crippen molar-refractivity contribution in [3.8, 4) is 0 Å². The van der Waals surface area contributed by atoms with Crippen molar-refractivity contribution in [3.05, 3.63) is 21.9 Å². The van der Waals surface area contributed by atoms with Gasteiger partial charge in [-0.15, -0.1) is 11.3 Å². The Bertz CT molecular complexity index is 340. The van der Waals surface area contributed by atoms with E-state index in [9.17, 15) is 0 Å². The summed E-state index contributed by atoms with van der Waals surface area (Å²) in [6.45, 7) is 3.44. The first-order chi connectivity index (χ1) is 8.18. The number of piperidine rings is 1. The Morgan fingerprint density at radius 1 is 1.47 bits per heavy atom. The van der Waals surface area contributed by atoms with Gasteiger partial charge in [-0.1, -0.05) is 6.42 Å². The van der Waals surface area contributed by atoms with Crippen LogP contribution >= 0.6 is 11.3 Å². The molecule has 1 aliphatic rings. The molecule has 0 aromatic carbocycles. The lowest BCUT2D eigenvalue weighted by Crippen LogP contribution is -2.37. The second kappa shape index (κ2) is 5.98. The molecule has 1 N–H and O–H groups in total. The number of hydrogen-bond donors (Lipinski definition) is 1. The van der Waals surface area contributed by atoms with Gasteiger partial charge in [-0.25, -0.2) is 0 Å². The van der Waals surface area contributed by atoms with Crippen LogP contribution in [0, 0.1) is 6.92 Å². The molecule has 2 heterocycles. The van der Waals surface area contributed by atoms with Gasteiger partial charge in [0, 0.05) is 17.0 Å². The molecule has 0 amide bonds. The van der Waals surface area contributed by atoms with Gasteiger partial charge in [-0.3, -0.25) is 0 Å². The molecule has 0 radical (unpaired) electrons. The molecule has 3 heteroatoms. The van der Waals surface area contributed by atoms with E-state index >= 15 is 0 Å². The van der Waals surface area contributed by atoms with Crippen molar-refractivity contribution in [2.24, 2.45) is 0 Å². The van der Waals surface area contributed by atoms with Gasteiger partial charge in [0.1, 0.15) is 0 Å². The molecular formula is C14H24N2S. The lowest BCUT2D eigenvalue weighted by molar-refractivity contribution is 0.242. The van der Waals surface area contributed by atoms with E-state index in [4.69, 9.17) is 0 Å². The zero-order chi connectivity index (χ0) is 12.3. The highest BCUT2D eigenvalue weighted by Gasteiger charge is 2.23. The van der Waals surface area contributed by atoms with Crippen LogP contribution in [0.1, 0.15) is 42.2 Å². The summed E-state index contributed by atoms with van der Waals surface area (Å²) < 4.78 is 0. The monoisotopic (exact) mass is 252 g/mol. The van der Waals surface area contributed by atoms with E-state index in [0.717, 1.165) is 0 Å². The molecule has 1 aromatic rings. The number of rotatable bonds is 4. The summed E-state index contributed by atoms with van der Waals surface area (Å²) >= 11 is 1.91. The molecule has 1 saturated heterocycles. The van der Waals surface area contributed by atoms with Crippen molar-refractivity contribution >= 4 is 11.3 Å². The summed E-state index contributed by atoms with van der Waals surface area (Å²) in [5.74, 6) is 0. The Hall–Kier alpha value is -0.380. The molecule has 0 bridgehead atoms. The predicted octanol–water partition coefficient (Wildman–Crippen LogP) is 3.19. The lowest BCUT2D eigenvalue weighted by Gasteiger charge is -2.31. The van der Waals surface area contributed by atoms with Crippen LogP contribution in [0.15, 0.2) is 11.4 Å². The van der Waals surface area contributed by atoms with Crippen LogP contribution in [0.2, 0.25) is 0 Å². The van der Waals surface area contributed by atoms with E-state index < -0.39 is 0 Å². The standard InChI is InChI=1S/C14H24N2S/c1-11-7-9-17-14(11)13(16(2)3)10-12-6-4-5-8-15-12/h7,9,12-13,15H,4-6,8,10H2,1-3H3. The average Bonchev–Trinajstić information content (AvgIpc) is 2.73. The van der Waals surface area contributed by atoms with Crippen molar-refractivity contribution in [3.63, 3.8) is 0 Å². The molecule has 2 rings (SSSR count). The Kier molecular flexibility index (Phi) is 4.60. The number of hydrogen-bond acceptors (Lipinski definition) is 3. The topological polar surface area (TPSA) is 15.3 Å². The minimum absolute atomic E-state index is 0.575. The van der Waals surface area contributed by atoms with Gasteiger partial charge < -0.3 is 10.2 Å². The highest BCUT2D eigenvalue weighted by molar-refractivity contribution is 7.10. The van der Waals surface area contributed by atoms with Gasteiger partial charge >= 0.3 is 0 Å². The largest absolute Gasteiger partial charge is 0.314 e. The first-order valence-electron chi connectivity index (χ1n) is 6.62. The molecule has 1 aromatic heterocycles. The SMILES string of the molecule is Cc1ccsc1C(CC1CCCCN1)N(C)C. The number of thiophene rings is 1. The summed E-state index contributed by atoms with van der Waals surface area (Å²) in [6.07, 6.45) is 5.32. The zero-order valence-corrected chi connectivity index (χ0v) is 12.0. The van der Waals surface area contributed by atoms with E-state index in [2.05, 4.69) is 42.7 Å². The van der Waals surface area contributed by atoms with Crippen molar-refractivity contribution in [1.29, 1.82) is 0 Å². The molecule has 1 fully saturated rings. The van der Waals surface area contributed by atoms with Crippen LogP contribution in [-0.4, -0.2) is 31.6 Å². The van der Waals surface area contributed by atoms with Gasteiger partial charge in [0.15, 0.2) is 0 Å². The van der Waals surface area contributed by atoms with Crippen LogP contribution in [-0.2, 0) is 0 Å². The Morgan fingerprint density at radius 2 is 2.29 bits per heavy atom. The van der Waals surface area contributed by atoms with Crippen molar-refractivity contribution in [1.82, 2.24) is 10.2 Å². The van der Waals surface area contributed by atoms with E-state index in [-0.39, 0.29) is 0 Å². The van der Waals surface area contributed by atoms with Crippen LogP contribution in [0.5, 0.6) is 0 Å². The summed E-state index contributed by atoms with van der Waals surface area (Å²) in [4.78, 5) is 3.91. The summed E-state index contributed by atoms with van der Waals surface area (Å²) in [7, 11) is 4.40. The van der Waals surface area contributed by atoms with Crippen LogP contribution < -0.4 is 5.32 Å². The fourth-order valence-electron chi connectivity index (χ4n) is 2.67. The first kappa shape index (κ1) is 13.1. The molecule has 1 aliphatic heterocycles. The lowest BCUT2D eigenvalue weighted by atomic mass is 9.96. The van der Waals surface area contributed by atoms with Gasteiger partial charge in [-0.05, 0) is 63.8 Å². The van der Waals surface area contributed by atoms with E-state index in [1.165, 1.54) is 37.8 Å². The minimum Gasteiger partial charge on any atom is -0.314 e. The van der Waals surface area contributed by atoms with Crippen LogP contribution in [0.3, 0.4) is 0 Å². The number of aryl methyl sites for hydroxylation is 1. The Labute approximate surface area is 109 Å². The third-order valence-electron chi connectivity index (χ3n) is 3.75. The normalized spacial score (nSPS) is 22.9. The summed E-state index contributed by atoms with van der Waals surface area (Å²) in [5, 5.41) is 5.88. The molecule has 0 spiro atoms. The van der Waals surface area contributed by atoms with Crippen LogP contribution in [0.4, 0.5) is 0 Å². The maximum Gasteiger partial charge on any atom is 0.0452 e. The zero-order valence-electron chi connectivity index (χ0n) is 11.2. The van der Waals surface area contributed by atoms with E-state index in [0.29, 0.717) is 12.1 Å². The van der Waals surface area contributed by atoms with Crippen LogP contribution in [0.25, 0.3) is 0 Å². The van der Waals surface area contributed by atoms with E-state index in [1.807, 2.05) is 11.3 Å². The summed E-state index contributed by atoms with van der Waals surface area (Å²) in [5.41, 5.74) is 1.45. The molecular weight excluding hydrogens is 228 g/mol. The molecule has 17 heavy (non-hydrogen) atoms. The van der Waals surface area contributed by atoms with Gasteiger partial charge in [0.25, 0.3) is 0 Å². The molecule has 96 valence electrons. The van der Waals surface area contributed by atoms with Crippen molar-refractivity contribution in [2.45, 2.75) is 44.7 Å². The molecule has 0 saturated carbocycles. The third kappa shape index (κ3) is 3.30. The minimum atomic E-state index is 0.575. The molecule has 2 nitrogen and oxygen atoms in total. The predicted molar refractivity (Wildman–Crippen MR) is 75.7 cm³/mol. The second-order valence-corrected chi connectivity index (χ2v) is 6.28. The molecule has 0 aliphatic carbocycles. The Balaban J connectivity index is 2.05. The van der Waals surface area contributed by atoms with Gasteiger partial charge in [0.05, 0.1) is 0 Å². The maximum atomic E-state index is 3.66. The van der Waals surface area contributed by atoms with Crippen molar-refractivity contribution < 1.29 is 0 Å². The average molecular weight is 252 g/mol. The molecule has 2 atom stereocenters. The fraction of sp³-hybridized carbons (Fsp3) is 0.714. The highest BCUT2D eigenvalue weighted by Crippen LogP contribution is 2.32. The van der Waals surface area contributed by atoms with Gasteiger partial charge in [-0.2, -0.15) is 0 Å². The highest BCUT2D eigenvalue weighted by atomic mass is 32.1. The summed E-state index contributed by atoms with van der Waals surface area (Å²) in [6, 6.07) is 3.52. The quantitative estimate of drug-likeness (QED) is 0.885. The number of nitrogens with one attached hydrogen (secondary N) is 1. The van der Waals surface area contributed by atoms with E-state index in [1.54, 1.807) is 4.88 Å². The third-order valence-corrected chi connectivity index (χ3v) is 4.87. The fourth-order valence-corrected chi connectivity index (χ4v) is 3.81. The first-order valence-corrected chi connectivity index (χ1v) is 7.50. The molecule has 2 unspecified atom stereocenters. The maximum absolute atomic E-state index is 3.66. The second-order valence-electron chi connectivity index (χ2n) is 5.33. The smallest absolute Gasteiger partial charge is 0.0452 e. The number of nitrogens with zero attached hydrogens (tertiary/aromatic N) is 1.